The van der Waals surface area contributed by atoms with Crippen LogP contribution in [-0.4, -0.2) is 13.0 Å². The van der Waals surface area contributed by atoms with Gasteiger partial charge in [-0.15, -0.1) is 0 Å². The van der Waals surface area contributed by atoms with Crippen LogP contribution in [0.2, 0.25) is 0 Å². The van der Waals surface area contributed by atoms with Gasteiger partial charge in [0.25, 0.3) is 0 Å². The summed E-state index contributed by atoms with van der Waals surface area (Å²) < 4.78 is 0. The minimum atomic E-state index is -0.128. The van der Waals surface area contributed by atoms with Gasteiger partial charge in [-0.3, -0.25) is 4.79 Å². The van der Waals surface area contributed by atoms with E-state index in [1.54, 1.807) is 11.0 Å². The first-order valence-electron chi connectivity index (χ1n) is 5.99. The fourth-order valence-corrected chi connectivity index (χ4v) is 2.03. The first kappa shape index (κ1) is 11.9. The molecule has 1 fully saturated rings. The average Bonchev–Trinajstić information content (AvgIpc) is 3.06. The molecule has 0 atom stereocenters. The summed E-state index contributed by atoms with van der Waals surface area (Å²) >= 11 is 0. The quantitative estimate of drug-likeness (QED) is 0.778. The summed E-state index contributed by atoms with van der Waals surface area (Å²) in [6.07, 6.45) is 3.81. The second-order valence-corrected chi connectivity index (χ2v) is 5.19. The molecule has 90 valence electrons. The highest BCUT2D eigenvalue weighted by molar-refractivity contribution is 6.00. The highest BCUT2D eigenvalue weighted by Gasteiger charge is 2.46. The number of anilines is 1. The normalized spacial score (nSPS) is 16.4. The van der Waals surface area contributed by atoms with Gasteiger partial charge in [0, 0.05) is 12.5 Å². The van der Waals surface area contributed by atoms with E-state index in [0.717, 1.165) is 29.7 Å². The summed E-state index contributed by atoms with van der Waals surface area (Å²) in [6.45, 7) is 7.87. The Balaban J connectivity index is 2.35. The zero-order chi connectivity index (χ0) is 12.6. The lowest BCUT2D eigenvalue weighted by atomic mass is 10.1. The molecule has 1 saturated carbocycles. The Bertz CT molecular complexity index is 472. The second kappa shape index (κ2) is 4.02. The summed E-state index contributed by atoms with van der Waals surface area (Å²) in [5, 5.41) is 0. The first-order valence-corrected chi connectivity index (χ1v) is 5.99. The van der Waals surface area contributed by atoms with Gasteiger partial charge < -0.3 is 4.90 Å². The Morgan fingerprint density at radius 2 is 2.12 bits per heavy atom. The van der Waals surface area contributed by atoms with E-state index in [2.05, 4.69) is 6.58 Å². The maximum atomic E-state index is 12.3. The number of rotatable bonds is 3. The smallest absolute Gasteiger partial charge is 0.232 e. The van der Waals surface area contributed by atoms with Crippen LogP contribution in [0, 0.1) is 12.3 Å². The van der Waals surface area contributed by atoms with Crippen molar-refractivity contribution in [3.05, 3.63) is 35.9 Å². The highest BCUT2D eigenvalue weighted by Crippen LogP contribution is 2.47. The molecule has 1 amide bonds. The maximum absolute atomic E-state index is 12.3. The van der Waals surface area contributed by atoms with E-state index in [-0.39, 0.29) is 11.3 Å². The molecule has 2 heteroatoms. The molecule has 0 unspecified atom stereocenters. The molecule has 1 aliphatic carbocycles. The Morgan fingerprint density at radius 1 is 1.47 bits per heavy atom. The molecule has 17 heavy (non-hydrogen) atoms. The van der Waals surface area contributed by atoms with E-state index < -0.39 is 0 Å². The van der Waals surface area contributed by atoms with Crippen molar-refractivity contribution in [2.75, 3.05) is 11.9 Å². The van der Waals surface area contributed by atoms with E-state index in [1.165, 1.54) is 0 Å². The fourth-order valence-electron chi connectivity index (χ4n) is 2.03. The zero-order valence-electron chi connectivity index (χ0n) is 10.8. The van der Waals surface area contributed by atoms with Crippen molar-refractivity contribution in [2.45, 2.75) is 26.7 Å². The van der Waals surface area contributed by atoms with E-state index in [9.17, 15) is 4.79 Å². The number of carbonyl (C=O) groups excluding carboxylic acids is 1. The summed E-state index contributed by atoms with van der Waals surface area (Å²) in [6, 6.07) is 6.09. The van der Waals surface area contributed by atoms with Gasteiger partial charge in [-0.1, -0.05) is 31.7 Å². The number of aryl methyl sites for hydroxylation is 1. The number of amides is 1. The van der Waals surface area contributed by atoms with Crippen molar-refractivity contribution < 1.29 is 4.79 Å². The number of nitrogens with zero attached hydrogens (tertiary/aromatic N) is 1. The lowest BCUT2D eigenvalue weighted by Gasteiger charge is -2.23. The molecule has 1 aliphatic rings. The van der Waals surface area contributed by atoms with Crippen molar-refractivity contribution in [1.82, 2.24) is 0 Å². The first-order chi connectivity index (χ1) is 7.98. The van der Waals surface area contributed by atoms with Crippen molar-refractivity contribution in [2.24, 2.45) is 5.41 Å². The molecule has 0 radical (unpaired) electrons. The van der Waals surface area contributed by atoms with E-state index in [0.29, 0.717) is 0 Å². The van der Waals surface area contributed by atoms with Crippen LogP contribution in [-0.2, 0) is 4.79 Å². The van der Waals surface area contributed by atoms with Crippen LogP contribution in [0.3, 0.4) is 0 Å². The third-order valence-corrected chi connectivity index (χ3v) is 3.59. The zero-order valence-corrected chi connectivity index (χ0v) is 10.8. The third kappa shape index (κ3) is 2.12. The van der Waals surface area contributed by atoms with Crippen LogP contribution in [0.4, 0.5) is 5.69 Å². The van der Waals surface area contributed by atoms with Crippen LogP contribution in [0.25, 0.3) is 6.08 Å². The van der Waals surface area contributed by atoms with Crippen molar-refractivity contribution in [1.29, 1.82) is 0 Å². The van der Waals surface area contributed by atoms with Crippen LogP contribution < -0.4 is 4.90 Å². The lowest BCUT2D eigenvalue weighted by Crippen LogP contribution is -2.33. The predicted octanol–water partition coefficient (Wildman–Crippen LogP) is 3.40. The van der Waals surface area contributed by atoms with Crippen molar-refractivity contribution in [3.8, 4) is 0 Å². The van der Waals surface area contributed by atoms with Gasteiger partial charge in [-0.05, 0) is 37.0 Å². The molecule has 0 heterocycles. The SMILES string of the molecule is C=Cc1ccc(C)cc1N(C)C(=O)C1(C)CC1. The molecular weight excluding hydrogens is 210 g/mol. The maximum Gasteiger partial charge on any atom is 0.232 e. The number of benzene rings is 1. The van der Waals surface area contributed by atoms with E-state index in [4.69, 9.17) is 0 Å². The van der Waals surface area contributed by atoms with Crippen LogP contribution >= 0.6 is 0 Å². The van der Waals surface area contributed by atoms with Crippen LogP contribution in [0.5, 0.6) is 0 Å². The van der Waals surface area contributed by atoms with E-state index >= 15 is 0 Å². The largest absolute Gasteiger partial charge is 0.314 e. The predicted molar refractivity (Wildman–Crippen MR) is 72.0 cm³/mol. The fraction of sp³-hybridized carbons (Fsp3) is 0.400. The Kier molecular flexibility index (Phi) is 2.82. The molecule has 1 aromatic rings. The number of hydrogen-bond donors (Lipinski definition) is 0. The minimum Gasteiger partial charge on any atom is -0.314 e. The molecule has 2 rings (SSSR count). The molecule has 0 bridgehead atoms. The lowest BCUT2D eigenvalue weighted by molar-refractivity contribution is -0.122. The molecule has 0 N–H and O–H groups in total. The van der Waals surface area contributed by atoms with Gasteiger partial charge in [0.1, 0.15) is 0 Å². The Hall–Kier alpha value is -1.57. The molecule has 0 saturated heterocycles. The summed E-state index contributed by atoms with van der Waals surface area (Å²) in [7, 11) is 1.85. The highest BCUT2D eigenvalue weighted by atomic mass is 16.2. The van der Waals surface area contributed by atoms with Gasteiger partial charge in [0.2, 0.25) is 5.91 Å². The average molecular weight is 229 g/mol. The van der Waals surface area contributed by atoms with Crippen molar-refractivity contribution >= 4 is 17.7 Å². The summed E-state index contributed by atoms with van der Waals surface area (Å²) in [5.74, 6) is 0.214. The number of carbonyl (C=O) groups is 1. The molecule has 0 aromatic heterocycles. The Morgan fingerprint density at radius 3 is 2.65 bits per heavy atom. The van der Waals surface area contributed by atoms with Gasteiger partial charge in [-0.2, -0.15) is 0 Å². The standard InChI is InChI=1S/C15H19NO/c1-5-12-7-6-11(2)10-13(12)16(4)14(17)15(3)8-9-15/h5-7,10H,1,8-9H2,2-4H3. The molecular formula is C15H19NO. The molecule has 0 spiro atoms. The van der Waals surface area contributed by atoms with Gasteiger partial charge in [0.15, 0.2) is 0 Å². The third-order valence-electron chi connectivity index (χ3n) is 3.59. The second-order valence-electron chi connectivity index (χ2n) is 5.19. The molecule has 0 aliphatic heterocycles. The summed E-state index contributed by atoms with van der Waals surface area (Å²) in [4.78, 5) is 14.1. The minimum absolute atomic E-state index is 0.128. The van der Waals surface area contributed by atoms with Crippen molar-refractivity contribution in [3.63, 3.8) is 0 Å². The summed E-state index contributed by atoms with van der Waals surface area (Å²) in [5.41, 5.74) is 3.00. The van der Waals surface area contributed by atoms with Gasteiger partial charge in [-0.25, -0.2) is 0 Å². The van der Waals surface area contributed by atoms with Gasteiger partial charge in [0.05, 0.1) is 5.69 Å². The van der Waals surface area contributed by atoms with Gasteiger partial charge >= 0.3 is 0 Å². The molecule has 1 aromatic carbocycles. The monoisotopic (exact) mass is 229 g/mol. The molecule has 2 nitrogen and oxygen atoms in total. The van der Waals surface area contributed by atoms with Crippen LogP contribution in [0.15, 0.2) is 24.8 Å². The van der Waals surface area contributed by atoms with E-state index in [1.807, 2.05) is 39.1 Å². The topological polar surface area (TPSA) is 20.3 Å². The van der Waals surface area contributed by atoms with Crippen LogP contribution in [0.1, 0.15) is 30.9 Å². The Labute approximate surface area is 103 Å². The number of hydrogen-bond acceptors (Lipinski definition) is 1.